The number of para-hydroxylation sites is 1. The summed E-state index contributed by atoms with van der Waals surface area (Å²) >= 11 is 0. The molecule has 0 spiro atoms. The van der Waals surface area contributed by atoms with Crippen LogP contribution in [0.25, 0.3) is 11.1 Å². The number of nitrogens with zero attached hydrogens (tertiary/aromatic N) is 1. The summed E-state index contributed by atoms with van der Waals surface area (Å²) in [5.74, 6) is -2.06. The van der Waals surface area contributed by atoms with Gasteiger partial charge in [-0.1, -0.05) is 30.3 Å². The van der Waals surface area contributed by atoms with Gasteiger partial charge in [-0.25, -0.2) is 4.79 Å². The molecule has 0 bridgehead atoms. The number of benzene rings is 2. The monoisotopic (exact) mass is 433 g/mol. The molecule has 7 nitrogen and oxygen atoms in total. The van der Waals surface area contributed by atoms with Gasteiger partial charge in [0.15, 0.2) is 0 Å². The zero-order chi connectivity index (χ0) is 22.4. The minimum atomic E-state index is -5.08. The van der Waals surface area contributed by atoms with Crippen molar-refractivity contribution in [3.63, 3.8) is 0 Å². The molecule has 162 valence electrons. The highest BCUT2D eigenvalue weighted by molar-refractivity contribution is 5.93. The summed E-state index contributed by atoms with van der Waals surface area (Å²) in [4.78, 5) is 21.4. The van der Waals surface area contributed by atoms with E-state index in [-0.39, 0.29) is 11.8 Å². The molecule has 0 radical (unpaired) electrons. The number of fused-ring (bicyclic) bond motifs is 1. The van der Waals surface area contributed by atoms with Crippen LogP contribution in [0.15, 0.2) is 60.9 Å². The number of aliphatic carboxylic acids is 1. The molecular weight excluding hydrogens is 415 g/mol. The van der Waals surface area contributed by atoms with E-state index in [9.17, 15) is 18.0 Å². The van der Waals surface area contributed by atoms with E-state index in [4.69, 9.17) is 14.6 Å². The second-order valence-corrected chi connectivity index (χ2v) is 6.68. The Bertz CT molecular complexity index is 1030. The van der Waals surface area contributed by atoms with Crippen LogP contribution >= 0.6 is 0 Å². The third kappa shape index (κ3) is 5.84. The van der Waals surface area contributed by atoms with Crippen molar-refractivity contribution < 1.29 is 32.6 Å². The fourth-order valence-electron chi connectivity index (χ4n) is 2.90. The Morgan fingerprint density at radius 3 is 2.39 bits per heavy atom. The molecule has 1 aromatic heterocycles. The lowest BCUT2D eigenvalue weighted by molar-refractivity contribution is -0.192. The standard InChI is InChI=1S/C19H17N3O2.C2HF3O2/c23-19(15-9-14-3-1-2-4-18(14)24-12-15)22-17-7-5-13(6-8-17)16-10-20-21-11-16;3-2(4,5)1(6)7/h1-8,10-11,15H,9,12H2,(H,20,21)(H,22,23);(H,6,7). The van der Waals surface area contributed by atoms with Crippen LogP contribution in [-0.2, 0) is 16.0 Å². The zero-order valence-corrected chi connectivity index (χ0v) is 16.0. The average molecular weight is 433 g/mol. The maximum atomic E-state index is 12.5. The fourth-order valence-corrected chi connectivity index (χ4v) is 2.90. The number of rotatable bonds is 3. The maximum absolute atomic E-state index is 12.5. The van der Waals surface area contributed by atoms with E-state index in [0.717, 1.165) is 28.1 Å². The van der Waals surface area contributed by atoms with E-state index < -0.39 is 12.1 Å². The molecule has 4 rings (SSSR count). The minimum Gasteiger partial charge on any atom is -0.492 e. The molecule has 1 amide bonds. The minimum absolute atomic E-state index is 0.0134. The van der Waals surface area contributed by atoms with Crippen LogP contribution in [-0.4, -0.2) is 40.0 Å². The number of carbonyl (C=O) groups excluding carboxylic acids is 1. The van der Waals surface area contributed by atoms with Crippen LogP contribution < -0.4 is 10.1 Å². The van der Waals surface area contributed by atoms with Gasteiger partial charge in [0.2, 0.25) is 5.91 Å². The van der Waals surface area contributed by atoms with E-state index in [1.54, 1.807) is 6.20 Å². The smallest absolute Gasteiger partial charge is 0.490 e. The number of H-pyrrole nitrogens is 1. The topological polar surface area (TPSA) is 104 Å². The highest BCUT2D eigenvalue weighted by Gasteiger charge is 2.38. The summed E-state index contributed by atoms with van der Waals surface area (Å²) in [6.07, 6.45) is -0.774. The number of nitrogens with one attached hydrogen (secondary N) is 2. The highest BCUT2D eigenvalue weighted by Crippen LogP contribution is 2.28. The number of anilines is 1. The second kappa shape index (κ2) is 9.33. The maximum Gasteiger partial charge on any atom is 0.490 e. The molecule has 31 heavy (non-hydrogen) atoms. The van der Waals surface area contributed by atoms with Crippen molar-refractivity contribution in [2.24, 2.45) is 5.92 Å². The number of hydrogen-bond donors (Lipinski definition) is 3. The molecule has 3 N–H and O–H groups in total. The lowest BCUT2D eigenvalue weighted by atomic mass is 9.96. The molecule has 2 aromatic carbocycles. The molecule has 10 heteroatoms. The Morgan fingerprint density at radius 1 is 1.10 bits per heavy atom. The Hall–Kier alpha value is -3.82. The summed E-state index contributed by atoms with van der Waals surface area (Å²) < 4.78 is 37.4. The number of hydrogen-bond acceptors (Lipinski definition) is 4. The quantitative estimate of drug-likeness (QED) is 0.581. The number of carboxylic acids is 1. The van der Waals surface area contributed by atoms with Gasteiger partial charge in [0, 0.05) is 17.4 Å². The van der Waals surface area contributed by atoms with Crippen molar-refractivity contribution >= 4 is 17.6 Å². The zero-order valence-electron chi connectivity index (χ0n) is 16.0. The van der Waals surface area contributed by atoms with Gasteiger partial charge in [-0.15, -0.1) is 0 Å². The molecule has 0 saturated carbocycles. The van der Waals surface area contributed by atoms with E-state index >= 15 is 0 Å². The van der Waals surface area contributed by atoms with Gasteiger partial charge in [0.1, 0.15) is 12.4 Å². The Balaban J connectivity index is 0.000000339. The largest absolute Gasteiger partial charge is 0.492 e. The third-order valence-corrected chi connectivity index (χ3v) is 4.48. The number of ether oxygens (including phenoxy) is 1. The van der Waals surface area contributed by atoms with Crippen LogP contribution in [0.1, 0.15) is 5.56 Å². The molecule has 0 fully saturated rings. The summed E-state index contributed by atoms with van der Waals surface area (Å²) in [7, 11) is 0. The first-order valence-electron chi connectivity index (χ1n) is 9.15. The molecular formula is C21H18F3N3O4. The van der Waals surface area contributed by atoms with Crippen LogP contribution in [0, 0.1) is 5.92 Å². The van der Waals surface area contributed by atoms with Gasteiger partial charge < -0.3 is 15.2 Å². The van der Waals surface area contributed by atoms with Crippen molar-refractivity contribution in [1.82, 2.24) is 10.2 Å². The highest BCUT2D eigenvalue weighted by atomic mass is 19.4. The lowest BCUT2D eigenvalue weighted by Gasteiger charge is -2.24. The number of aromatic amines is 1. The molecule has 0 saturated heterocycles. The van der Waals surface area contributed by atoms with Crippen molar-refractivity contribution in [2.45, 2.75) is 12.6 Å². The number of carboxylic acid groups (broad SMARTS) is 1. The van der Waals surface area contributed by atoms with Crippen LogP contribution in [0.3, 0.4) is 0 Å². The predicted octanol–water partition coefficient (Wildman–Crippen LogP) is 3.90. The van der Waals surface area contributed by atoms with Crippen molar-refractivity contribution in [2.75, 3.05) is 11.9 Å². The van der Waals surface area contributed by atoms with Crippen LogP contribution in [0.5, 0.6) is 5.75 Å². The second-order valence-electron chi connectivity index (χ2n) is 6.68. The molecule has 1 aliphatic heterocycles. The van der Waals surface area contributed by atoms with E-state index in [0.29, 0.717) is 13.0 Å². The average Bonchev–Trinajstić information content (AvgIpc) is 3.28. The number of amides is 1. The molecule has 3 aromatic rings. The van der Waals surface area contributed by atoms with Crippen molar-refractivity contribution in [3.8, 4) is 16.9 Å². The van der Waals surface area contributed by atoms with Crippen molar-refractivity contribution in [1.29, 1.82) is 0 Å². The van der Waals surface area contributed by atoms with Crippen molar-refractivity contribution in [3.05, 3.63) is 66.5 Å². The molecule has 1 aliphatic rings. The van der Waals surface area contributed by atoms with Crippen LogP contribution in [0.4, 0.5) is 18.9 Å². The van der Waals surface area contributed by atoms with E-state index in [2.05, 4.69) is 15.5 Å². The van der Waals surface area contributed by atoms with E-state index in [1.165, 1.54) is 0 Å². The number of halogens is 3. The summed E-state index contributed by atoms with van der Waals surface area (Å²) in [5.41, 5.74) is 3.94. The Kier molecular flexibility index (Phi) is 6.58. The predicted molar refractivity (Wildman–Crippen MR) is 105 cm³/mol. The molecule has 1 atom stereocenters. The summed E-state index contributed by atoms with van der Waals surface area (Å²) in [6, 6.07) is 15.6. The fraction of sp³-hybridized carbons (Fsp3) is 0.190. The first-order valence-corrected chi connectivity index (χ1v) is 9.15. The molecule has 0 aliphatic carbocycles. The Labute approximate surface area is 174 Å². The summed E-state index contributed by atoms with van der Waals surface area (Å²) in [6.45, 7) is 0.413. The number of carbonyl (C=O) groups is 2. The first kappa shape index (κ1) is 21.9. The normalized spacial score (nSPS) is 15.0. The van der Waals surface area contributed by atoms with Gasteiger partial charge in [-0.05, 0) is 35.7 Å². The van der Waals surface area contributed by atoms with Gasteiger partial charge >= 0.3 is 12.1 Å². The third-order valence-electron chi connectivity index (χ3n) is 4.48. The number of alkyl halides is 3. The van der Waals surface area contributed by atoms with Crippen LogP contribution in [0.2, 0.25) is 0 Å². The SMILES string of the molecule is O=C(Nc1ccc(-c2cn[nH]c2)cc1)C1COc2ccccc2C1.O=C(O)C(F)(F)F. The first-order chi connectivity index (χ1) is 14.7. The lowest BCUT2D eigenvalue weighted by Crippen LogP contribution is -2.32. The summed E-state index contributed by atoms with van der Waals surface area (Å²) in [5, 5.41) is 16.8. The van der Waals surface area contributed by atoms with Gasteiger partial charge in [0.05, 0.1) is 12.1 Å². The van der Waals surface area contributed by atoms with Gasteiger partial charge in [-0.3, -0.25) is 9.89 Å². The molecule has 2 heterocycles. The Morgan fingerprint density at radius 2 is 1.77 bits per heavy atom. The van der Waals surface area contributed by atoms with Gasteiger partial charge in [0.25, 0.3) is 0 Å². The molecule has 1 unspecified atom stereocenters. The van der Waals surface area contributed by atoms with Gasteiger partial charge in [-0.2, -0.15) is 18.3 Å². The number of aromatic nitrogens is 2. The van der Waals surface area contributed by atoms with E-state index in [1.807, 2.05) is 54.7 Å².